The van der Waals surface area contributed by atoms with Gasteiger partial charge in [0.2, 0.25) is 5.91 Å². The van der Waals surface area contributed by atoms with E-state index in [0.29, 0.717) is 18.0 Å². The van der Waals surface area contributed by atoms with Gasteiger partial charge in [-0.15, -0.1) is 0 Å². The van der Waals surface area contributed by atoms with Crippen LogP contribution in [0.5, 0.6) is 0 Å². The van der Waals surface area contributed by atoms with Crippen LogP contribution in [0.15, 0.2) is 54.7 Å². The first-order valence-electron chi connectivity index (χ1n) is 9.51. The predicted molar refractivity (Wildman–Crippen MR) is 112 cm³/mol. The minimum Gasteiger partial charge on any atom is -0.383 e. The number of ether oxygens (including phenoxy) is 1. The van der Waals surface area contributed by atoms with Gasteiger partial charge in [-0.25, -0.2) is 8.78 Å². The fraction of sp³-hybridized carbons (Fsp3) is 0.273. The molecule has 2 aromatic carbocycles. The van der Waals surface area contributed by atoms with E-state index in [2.05, 4.69) is 15.3 Å². The number of hydrogen-bond acceptors (Lipinski definition) is 4. The van der Waals surface area contributed by atoms with Crippen LogP contribution in [0.25, 0.3) is 0 Å². The molecule has 0 aliphatic carbocycles. The van der Waals surface area contributed by atoms with Gasteiger partial charge in [0.25, 0.3) is 0 Å². The molecular formula is C22H24F2N4O2. The molecule has 0 atom stereocenters. The maximum Gasteiger partial charge on any atom is 0.229 e. The Morgan fingerprint density at radius 3 is 2.53 bits per heavy atom. The lowest BCUT2D eigenvalue weighted by Crippen LogP contribution is -2.22. The van der Waals surface area contributed by atoms with Crippen LogP contribution in [-0.4, -0.2) is 43.0 Å². The molecule has 1 N–H and O–H groups in total. The standard InChI is InChI=1S/C22H24F2N4O2/c1-27(11-12-30-2)18-6-3-16(4-7-18)14-22(29)25-21-9-10-28(26-21)15-17-5-8-19(23)20(24)13-17/h3-10,13H,11-12,14-15H2,1-2H3,(H,25,26,29). The van der Waals surface area contributed by atoms with E-state index < -0.39 is 11.6 Å². The van der Waals surface area contributed by atoms with Gasteiger partial charge < -0.3 is 15.0 Å². The highest BCUT2D eigenvalue weighted by atomic mass is 19.2. The Kier molecular flexibility index (Phi) is 7.13. The lowest BCUT2D eigenvalue weighted by Gasteiger charge is -2.18. The first kappa shape index (κ1) is 21.4. The van der Waals surface area contributed by atoms with Crippen molar-refractivity contribution in [2.45, 2.75) is 13.0 Å². The van der Waals surface area contributed by atoms with Crippen LogP contribution in [0, 0.1) is 11.6 Å². The molecule has 0 saturated heterocycles. The molecule has 0 aliphatic rings. The van der Waals surface area contributed by atoms with E-state index in [1.165, 1.54) is 6.07 Å². The Morgan fingerprint density at radius 2 is 1.83 bits per heavy atom. The van der Waals surface area contributed by atoms with E-state index in [9.17, 15) is 13.6 Å². The number of amides is 1. The van der Waals surface area contributed by atoms with Gasteiger partial charge in [-0.2, -0.15) is 5.10 Å². The number of benzene rings is 2. The van der Waals surface area contributed by atoms with Crippen molar-refractivity contribution >= 4 is 17.4 Å². The molecule has 1 aromatic heterocycles. The highest BCUT2D eigenvalue weighted by molar-refractivity contribution is 5.91. The normalized spacial score (nSPS) is 10.8. The van der Waals surface area contributed by atoms with Crippen LogP contribution in [0.2, 0.25) is 0 Å². The second-order valence-corrected chi connectivity index (χ2v) is 6.95. The molecule has 0 bridgehead atoms. The lowest BCUT2D eigenvalue weighted by molar-refractivity contribution is -0.115. The number of nitrogens with zero attached hydrogens (tertiary/aromatic N) is 3. The number of carbonyl (C=O) groups is 1. The Balaban J connectivity index is 1.53. The van der Waals surface area contributed by atoms with Crippen molar-refractivity contribution in [2.75, 3.05) is 37.5 Å². The summed E-state index contributed by atoms with van der Waals surface area (Å²) in [5, 5.41) is 7.01. The molecule has 1 amide bonds. The average molecular weight is 414 g/mol. The summed E-state index contributed by atoms with van der Waals surface area (Å²) in [5.74, 6) is -1.57. The van der Waals surface area contributed by atoms with Crippen molar-refractivity contribution in [3.63, 3.8) is 0 Å². The summed E-state index contributed by atoms with van der Waals surface area (Å²) in [6.45, 7) is 1.69. The molecule has 3 rings (SSSR count). The molecule has 3 aromatic rings. The number of carbonyl (C=O) groups excluding carboxylic acids is 1. The summed E-state index contributed by atoms with van der Waals surface area (Å²) in [4.78, 5) is 14.4. The molecule has 0 spiro atoms. The molecule has 6 nitrogen and oxygen atoms in total. The van der Waals surface area contributed by atoms with Crippen LogP contribution in [-0.2, 0) is 22.5 Å². The number of rotatable bonds is 9. The van der Waals surface area contributed by atoms with Crippen molar-refractivity contribution in [2.24, 2.45) is 0 Å². The summed E-state index contributed by atoms with van der Waals surface area (Å²) in [7, 11) is 3.65. The zero-order valence-corrected chi connectivity index (χ0v) is 16.9. The minimum atomic E-state index is -0.899. The van der Waals surface area contributed by atoms with Crippen molar-refractivity contribution < 1.29 is 18.3 Å². The second-order valence-electron chi connectivity index (χ2n) is 6.95. The maximum atomic E-state index is 13.3. The third-order valence-corrected chi connectivity index (χ3v) is 4.61. The summed E-state index contributed by atoms with van der Waals surface area (Å²) in [6, 6.07) is 13.1. The van der Waals surface area contributed by atoms with Crippen molar-refractivity contribution in [1.82, 2.24) is 9.78 Å². The van der Waals surface area contributed by atoms with Crippen molar-refractivity contribution in [3.05, 3.63) is 77.5 Å². The summed E-state index contributed by atoms with van der Waals surface area (Å²) in [6.07, 6.45) is 1.89. The van der Waals surface area contributed by atoms with Gasteiger partial charge >= 0.3 is 0 Å². The number of anilines is 2. The number of likely N-dealkylation sites (N-methyl/N-ethyl adjacent to an activating group) is 1. The molecule has 0 radical (unpaired) electrons. The Morgan fingerprint density at radius 1 is 1.10 bits per heavy atom. The summed E-state index contributed by atoms with van der Waals surface area (Å²) < 4.78 is 33.0. The lowest BCUT2D eigenvalue weighted by atomic mass is 10.1. The van der Waals surface area contributed by atoms with E-state index >= 15 is 0 Å². The minimum absolute atomic E-state index is 0.187. The number of aromatic nitrogens is 2. The quantitative estimate of drug-likeness (QED) is 0.583. The van der Waals surface area contributed by atoms with Crippen molar-refractivity contribution in [3.8, 4) is 0 Å². The highest BCUT2D eigenvalue weighted by Crippen LogP contribution is 2.15. The number of halogens is 2. The number of nitrogens with one attached hydrogen (secondary N) is 1. The van der Waals surface area contributed by atoms with E-state index in [-0.39, 0.29) is 18.9 Å². The predicted octanol–water partition coefficient (Wildman–Crippen LogP) is 3.47. The first-order valence-corrected chi connectivity index (χ1v) is 9.51. The molecule has 0 saturated carbocycles. The molecule has 0 fully saturated rings. The largest absolute Gasteiger partial charge is 0.383 e. The van der Waals surface area contributed by atoms with Crippen LogP contribution < -0.4 is 10.2 Å². The molecule has 0 aliphatic heterocycles. The maximum absolute atomic E-state index is 13.3. The Bertz CT molecular complexity index is 989. The Hall–Kier alpha value is -3.26. The summed E-state index contributed by atoms with van der Waals surface area (Å²) in [5.41, 5.74) is 2.51. The van der Waals surface area contributed by atoms with Crippen molar-refractivity contribution in [1.29, 1.82) is 0 Å². The zero-order chi connectivity index (χ0) is 21.5. The van der Waals surface area contributed by atoms with Gasteiger partial charge in [-0.05, 0) is 35.4 Å². The molecule has 0 unspecified atom stereocenters. The smallest absolute Gasteiger partial charge is 0.229 e. The SMILES string of the molecule is COCCN(C)c1ccc(CC(=O)Nc2ccn(Cc3ccc(F)c(F)c3)n2)cc1. The fourth-order valence-corrected chi connectivity index (χ4v) is 2.94. The van der Waals surface area contributed by atoms with Crippen LogP contribution >= 0.6 is 0 Å². The molecule has 30 heavy (non-hydrogen) atoms. The van der Waals surface area contributed by atoms with E-state index in [1.54, 1.807) is 24.1 Å². The molecule has 1 heterocycles. The van der Waals surface area contributed by atoms with Gasteiger partial charge in [0.15, 0.2) is 17.5 Å². The van der Waals surface area contributed by atoms with Gasteiger partial charge in [-0.1, -0.05) is 18.2 Å². The van der Waals surface area contributed by atoms with E-state index in [4.69, 9.17) is 4.74 Å². The van der Waals surface area contributed by atoms with E-state index in [1.807, 2.05) is 31.3 Å². The van der Waals surface area contributed by atoms with Gasteiger partial charge in [0, 0.05) is 38.7 Å². The van der Waals surface area contributed by atoms with Crippen LogP contribution in [0.1, 0.15) is 11.1 Å². The monoisotopic (exact) mass is 414 g/mol. The Labute approximate surface area is 174 Å². The van der Waals surface area contributed by atoms with Gasteiger partial charge in [0.1, 0.15) is 0 Å². The first-order chi connectivity index (χ1) is 14.4. The number of methoxy groups -OCH3 is 1. The number of hydrogen-bond donors (Lipinski definition) is 1. The zero-order valence-electron chi connectivity index (χ0n) is 16.9. The highest BCUT2D eigenvalue weighted by Gasteiger charge is 2.09. The fourth-order valence-electron chi connectivity index (χ4n) is 2.94. The summed E-state index contributed by atoms with van der Waals surface area (Å²) >= 11 is 0. The van der Waals surface area contributed by atoms with E-state index in [0.717, 1.165) is 29.9 Å². The molecular weight excluding hydrogens is 390 g/mol. The third kappa shape index (κ3) is 5.87. The third-order valence-electron chi connectivity index (χ3n) is 4.61. The van der Waals surface area contributed by atoms with Crippen LogP contribution in [0.3, 0.4) is 0 Å². The molecule has 158 valence electrons. The topological polar surface area (TPSA) is 59.4 Å². The van der Waals surface area contributed by atoms with Gasteiger partial charge in [-0.3, -0.25) is 9.48 Å². The molecule has 8 heteroatoms. The second kappa shape index (κ2) is 9.98. The van der Waals surface area contributed by atoms with Gasteiger partial charge in [0.05, 0.1) is 19.6 Å². The average Bonchev–Trinajstić information content (AvgIpc) is 3.16. The van der Waals surface area contributed by atoms with Crippen LogP contribution in [0.4, 0.5) is 20.3 Å².